The molecule has 0 fully saturated rings. The van der Waals surface area contributed by atoms with Crippen LogP contribution in [-0.4, -0.2) is 35.6 Å². The number of carbonyl (C=O) groups is 3. The van der Waals surface area contributed by atoms with Crippen LogP contribution in [0.4, 0.5) is 0 Å². The number of thioether (sulfide) groups is 1. The quantitative estimate of drug-likeness (QED) is 0.362. The van der Waals surface area contributed by atoms with Crippen molar-refractivity contribution in [1.29, 1.82) is 0 Å². The van der Waals surface area contributed by atoms with Gasteiger partial charge in [0.15, 0.2) is 10.8 Å². The maximum Gasteiger partial charge on any atom is 0.333 e. The molecule has 0 aliphatic rings. The fourth-order valence-corrected chi connectivity index (χ4v) is 3.76. The molecule has 0 heterocycles. The molecule has 2 aromatic carbocycles. The van der Waals surface area contributed by atoms with Crippen molar-refractivity contribution in [3.05, 3.63) is 65.2 Å². The summed E-state index contributed by atoms with van der Waals surface area (Å²) in [5.41, 5.74) is 0.568. The number of hydrogen-bond acceptors (Lipinski definition) is 5. The zero-order valence-electron chi connectivity index (χ0n) is 15.7. The van der Waals surface area contributed by atoms with Gasteiger partial charge < -0.3 is 15.4 Å². The summed E-state index contributed by atoms with van der Waals surface area (Å²) < 4.78 is 3.80. The van der Waals surface area contributed by atoms with Crippen LogP contribution in [0.1, 0.15) is 18.5 Å². The lowest BCUT2D eigenvalue weighted by Gasteiger charge is -2.21. The summed E-state index contributed by atoms with van der Waals surface area (Å²) in [5, 5.41) is 5.66. The number of nitrogens with one attached hydrogen (secondary N) is 2. The Labute approximate surface area is 183 Å². The first kappa shape index (κ1) is 23.1. The van der Waals surface area contributed by atoms with Crippen LogP contribution in [-0.2, 0) is 19.1 Å². The molecule has 9 heteroatoms. The molecule has 2 N–H and O–H groups in total. The summed E-state index contributed by atoms with van der Waals surface area (Å²) in [6.45, 7) is 1.50. The van der Waals surface area contributed by atoms with E-state index in [0.717, 1.165) is 16.7 Å². The molecule has 3 atom stereocenters. The Kier molecular flexibility index (Phi) is 8.82. The van der Waals surface area contributed by atoms with Crippen LogP contribution in [0.3, 0.4) is 0 Å². The highest BCUT2D eigenvalue weighted by Gasteiger charge is 2.27. The number of benzene rings is 2. The Bertz CT molecular complexity index is 867. The van der Waals surface area contributed by atoms with Gasteiger partial charge in [0.1, 0.15) is 6.04 Å². The van der Waals surface area contributed by atoms with E-state index < -0.39 is 34.6 Å². The minimum atomic E-state index is -0.985. The number of alkyl halides is 1. The van der Waals surface area contributed by atoms with Crippen molar-refractivity contribution in [1.82, 2.24) is 10.6 Å². The van der Waals surface area contributed by atoms with Gasteiger partial charge in [-0.1, -0.05) is 71.4 Å². The standard InChI is InChI=1S/C20H20Cl2N2O4S/c1-12(23-19(26)17(22)29-15-10-6-9-14(21)11-15)18(25)24-16(20(27)28-2)13-7-4-3-5-8-13/h3-12,16-17H,1-2H3,(H,23,26)(H,24,25)/t12-,16-,17?/m0/s1. The van der Waals surface area contributed by atoms with Crippen molar-refractivity contribution in [2.24, 2.45) is 0 Å². The Morgan fingerprint density at radius 3 is 2.31 bits per heavy atom. The topological polar surface area (TPSA) is 84.5 Å². The van der Waals surface area contributed by atoms with E-state index in [1.807, 2.05) is 0 Å². The monoisotopic (exact) mass is 454 g/mol. The molecule has 0 saturated carbocycles. The van der Waals surface area contributed by atoms with E-state index in [9.17, 15) is 14.4 Å². The summed E-state index contributed by atoms with van der Waals surface area (Å²) in [5.74, 6) is -1.70. The van der Waals surface area contributed by atoms with E-state index >= 15 is 0 Å². The number of rotatable bonds is 8. The van der Waals surface area contributed by atoms with E-state index in [0.29, 0.717) is 10.6 Å². The Morgan fingerprint density at radius 1 is 1.00 bits per heavy atom. The molecule has 2 amide bonds. The SMILES string of the molecule is COC(=O)[C@@H](NC(=O)[C@H](C)NC(=O)C(Cl)Sc1cccc(Cl)c1)c1ccccc1. The van der Waals surface area contributed by atoms with E-state index in [1.165, 1.54) is 14.0 Å². The van der Waals surface area contributed by atoms with Gasteiger partial charge in [-0.2, -0.15) is 0 Å². The van der Waals surface area contributed by atoms with Crippen LogP contribution in [0.15, 0.2) is 59.5 Å². The maximum absolute atomic E-state index is 12.5. The first-order valence-corrected chi connectivity index (χ1v) is 10.3. The highest BCUT2D eigenvalue weighted by atomic mass is 35.5. The van der Waals surface area contributed by atoms with Gasteiger partial charge >= 0.3 is 5.97 Å². The van der Waals surface area contributed by atoms with Gasteiger partial charge in [-0.25, -0.2) is 4.79 Å². The second kappa shape index (κ2) is 11.1. The highest BCUT2D eigenvalue weighted by Crippen LogP contribution is 2.28. The first-order valence-electron chi connectivity index (χ1n) is 8.61. The number of esters is 1. The van der Waals surface area contributed by atoms with Crippen molar-refractivity contribution in [3.63, 3.8) is 0 Å². The van der Waals surface area contributed by atoms with E-state index in [4.69, 9.17) is 27.9 Å². The molecular weight excluding hydrogens is 435 g/mol. The minimum Gasteiger partial charge on any atom is -0.467 e. The summed E-state index contributed by atoms with van der Waals surface area (Å²) in [6.07, 6.45) is 0. The third kappa shape index (κ3) is 6.96. The van der Waals surface area contributed by atoms with Gasteiger partial charge in [-0.05, 0) is 30.7 Å². The van der Waals surface area contributed by atoms with Gasteiger partial charge in [0.25, 0.3) is 0 Å². The molecule has 0 bridgehead atoms. The highest BCUT2D eigenvalue weighted by molar-refractivity contribution is 8.01. The van der Waals surface area contributed by atoms with Crippen molar-refractivity contribution in [2.45, 2.75) is 28.6 Å². The van der Waals surface area contributed by atoms with Gasteiger partial charge in [-0.15, -0.1) is 0 Å². The van der Waals surface area contributed by atoms with Gasteiger partial charge in [-0.3, -0.25) is 9.59 Å². The fraction of sp³-hybridized carbons (Fsp3) is 0.250. The molecule has 0 radical (unpaired) electrons. The van der Waals surface area contributed by atoms with Crippen molar-refractivity contribution < 1.29 is 19.1 Å². The third-order valence-corrected chi connectivity index (χ3v) is 5.50. The smallest absolute Gasteiger partial charge is 0.333 e. The number of halogens is 2. The Hall–Kier alpha value is -2.22. The molecule has 6 nitrogen and oxygen atoms in total. The first-order chi connectivity index (χ1) is 13.8. The van der Waals surface area contributed by atoms with Crippen LogP contribution in [0, 0.1) is 0 Å². The molecule has 29 heavy (non-hydrogen) atoms. The normalized spacial score (nSPS) is 13.7. The van der Waals surface area contributed by atoms with Crippen molar-refractivity contribution in [3.8, 4) is 0 Å². The van der Waals surface area contributed by atoms with E-state index in [-0.39, 0.29) is 0 Å². The summed E-state index contributed by atoms with van der Waals surface area (Å²) >= 11 is 13.2. The lowest BCUT2D eigenvalue weighted by atomic mass is 10.1. The number of carbonyl (C=O) groups excluding carboxylic acids is 3. The minimum absolute atomic E-state index is 0.529. The van der Waals surface area contributed by atoms with Gasteiger partial charge in [0, 0.05) is 9.92 Å². The molecule has 2 aromatic rings. The number of ether oxygens (including phenoxy) is 1. The molecule has 2 rings (SSSR count). The molecule has 1 unspecified atom stereocenters. The van der Waals surface area contributed by atoms with Gasteiger partial charge in [0.05, 0.1) is 7.11 Å². The lowest BCUT2D eigenvalue weighted by molar-refractivity contribution is -0.145. The average molecular weight is 455 g/mol. The number of methoxy groups -OCH3 is 1. The third-order valence-electron chi connectivity index (χ3n) is 3.85. The van der Waals surface area contributed by atoms with Crippen molar-refractivity contribution in [2.75, 3.05) is 7.11 Å². The molecule has 0 aliphatic carbocycles. The lowest BCUT2D eigenvalue weighted by Crippen LogP contribution is -2.48. The second-order valence-corrected chi connectivity index (χ2v) is 8.31. The summed E-state index contributed by atoms with van der Waals surface area (Å²) in [7, 11) is 1.24. The van der Waals surface area contributed by atoms with Crippen LogP contribution in [0.5, 0.6) is 0 Å². The molecule has 154 valence electrons. The van der Waals surface area contributed by atoms with Crippen LogP contribution < -0.4 is 10.6 Å². The molecule has 0 aromatic heterocycles. The predicted molar refractivity (Wildman–Crippen MR) is 114 cm³/mol. The number of amides is 2. The van der Waals surface area contributed by atoms with E-state index in [1.54, 1.807) is 54.6 Å². The Balaban J connectivity index is 1.97. The Morgan fingerprint density at radius 2 is 1.69 bits per heavy atom. The van der Waals surface area contributed by atoms with Crippen LogP contribution in [0.25, 0.3) is 0 Å². The largest absolute Gasteiger partial charge is 0.467 e. The second-order valence-electron chi connectivity index (χ2n) is 6.00. The van der Waals surface area contributed by atoms with Crippen LogP contribution >= 0.6 is 35.0 Å². The molecule has 0 saturated heterocycles. The van der Waals surface area contributed by atoms with Gasteiger partial charge in [0.2, 0.25) is 11.8 Å². The molecule has 0 aliphatic heterocycles. The molecular formula is C20H20Cl2N2O4S. The summed E-state index contributed by atoms with van der Waals surface area (Å²) in [6, 6.07) is 13.7. The fourth-order valence-electron chi connectivity index (χ4n) is 2.37. The summed E-state index contributed by atoms with van der Waals surface area (Å²) in [4.78, 5) is 37.6. The molecule has 0 spiro atoms. The maximum atomic E-state index is 12.5. The van der Waals surface area contributed by atoms with E-state index in [2.05, 4.69) is 10.6 Å². The van der Waals surface area contributed by atoms with Crippen LogP contribution in [0.2, 0.25) is 5.02 Å². The average Bonchev–Trinajstić information content (AvgIpc) is 2.71. The number of hydrogen-bond donors (Lipinski definition) is 2. The zero-order chi connectivity index (χ0) is 21.4. The predicted octanol–water partition coefficient (Wildman–Crippen LogP) is 3.53. The van der Waals surface area contributed by atoms with Crippen molar-refractivity contribution >= 4 is 52.7 Å². The zero-order valence-corrected chi connectivity index (χ0v) is 18.1.